The fourth-order valence-corrected chi connectivity index (χ4v) is 4.80. The van der Waals surface area contributed by atoms with Gasteiger partial charge in [-0.15, -0.1) is 0 Å². The van der Waals surface area contributed by atoms with Crippen LogP contribution in [-0.4, -0.2) is 59.7 Å². The standard InChI is InChI=1S/C26H29N7O3/c27-24(35)33-15-14-32(22-9-7-21(8-10-22)30-23(34)19-11-16-36-17-19)18-26(33,20-5-2-1-3-6-20)31-25-28-12-4-13-29-25/h1-10,12-13,19H,11,14-18H2,(H2,27,35)(H,30,34)(H,28,29,31). The topological polar surface area (TPSA) is 126 Å². The molecule has 0 bridgehead atoms. The molecule has 2 unspecified atom stereocenters. The molecule has 0 saturated carbocycles. The minimum absolute atomic E-state index is 0.0227. The van der Waals surface area contributed by atoms with Gasteiger partial charge in [-0.3, -0.25) is 9.69 Å². The Labute approximate surface area is 209 Å². The first-order valence-electron chi connectivity index (χ1n) is 12.0. The number of rotatable bonds is 6. The summed E-state index contributed by atoms with van der Waals surface area (Å²) in [7, 11) is 0. The number of anilines is 3. The maximum Gasteiger partial charge on any atom is 0.317 e. The van der Waals surface area contributed by atoms with Crippen molar-refractivity contribution in [2.75, 3.05) is 48.4 Å². The lowest BCUT2D eigenvalue weighted by atomic mass is 9.93. The van der Waals surface area contributed by atoms with Gasteiger partial charge in [0.25, 0.3) is 0 Å². The predicted octanol–water partition coefficient (Wildman–Crippen LogP) is 2.62. The van der Waals surface area contributed by atoms with Crippen LogP contribution in [0.5, 0.6) is 0 Å². The third kappa shape index (κ3) is 4.80. The first kappa shape index (κ1) is 23.6. The van der Waals surface area contributed by atoms with Crippen LogP contribution in [0.15, 0.2) is 73.1 Å². The van der Waals surface area contributed by atoms with Gasteiger partial charge in [0, 0.05) is 43.5 Å². The molecule has 2 fully saturated rings. The molecule has 5 rings (SSSR count). The maximum atomic E-state index is 12.6. The summed E-state index contributed by atoms with van der Waals surface area (Å²) in [6.07, 6.45) is 4.04. The molecule has 1 aromatic heterocycles. The SMILES string of the molecule is NC(=O)N1CCN(c2ccc(NC(=O)C3CCOC3)cc2)CC1(Nc1ncccn1)c1ccccc1. The maximum absolute atomic E-state index is 12.6. The van der Waals surface area contributed by atoms with Crippen molar-refractivity contribution in [2.24, 2.45) is 11.7 Å². The van der Waals surface area contributed by atoms with Crippen LogP contribution in [0.25, 0.3) is 0 Å². The number of ether oxygens (including phenoxy) is 1. The van der Waals surface area contributed by atoms with Crippen LogP contribution in [0.4, 0.5) is 22.1 Å². The van der Waals surface area contributed by atoms with Gasteiger partial charge in [-0.05, 0) is 42.3 Å². The van der Waals surface area contributed by atoms with Crippen molar-refractivity contribution < 1.29 is 14.3 Å². The van der Waals surface area contributed by atoms with Crippen LogP contribution in [-0.2, 0) is 15.2 Å². The van der Waals surface area contributed by atoms with E-state index in [1.54, 1.807) is 23.4 Å². The lowest BCUT2D eigenvalue weighted by Gasteiger charge is -2.51. The molecule has 2 aliphatic rings. The molecule has 3 aromatic rings. The molecule has 3 heterocycles. The first-order chi connectivity index (χ1) is 17.5. The highest BCUT2D eigenvalue weighted by atomic mass is 16.5. The summed E-state index contributed by atoms with van der Waals surface area (Å²) in [5.41, 5.74) is 7.43. The van der Waals surface area contributed by atoms with Gasteiger partial charge in [-0.1, -0.05) is 30.3 Å². The van der Waals surface area contributed by atoms with E-state index in [0.717, 1.165) is 23.4 Å². The van der Waals surface area contributed by atoms with Crippen molar-refractivity contribution in [3.8, 4) is 0 Å². The third-order valence-corrected chi connectivity index (χ3v) is 6.68. The summed E-state index contributed by atoms with van der Waals surface area (Å²) in [6.45, 7) is 2.47. The molecular formula is C26H29N7O3. The van der Waals surface area contributed by atoms with E-state index in [1.165, 1.54) is 0 Å². The molecule has 10 heteroatoms. The number of carbonyl (C=O) groups is 2. The number of nitrogens with zero attached hydrogens (tertiary/aromatic N) is 4. The Balaban J connectivity index is 1.43. The summed E-state index contributed by atoms with van der Waals surface area (Å²) in [5.74, 6) is 0.262. The highest BCUT2D eigenvalue weighted by Crippen LogP contribution is 2.35. The highest BCUT2D eigenvalue weighted by Gasteiger charge is 2.46. The van der Waals surface area contributed by atoms with Crippen LogP contribution in [0, 0.1) is 5.92 Å². The fraction of sp³-hybridized carbons (Fsp3) is 0.308. The Kier molecular flexibility index (Phi) is 6.68. The number of nitrogens with one attached hydrogen (secondary N) is 2. The zero-order valence-electron chi connectivity index (χ0n) is 19.8. The number of nitrogens with two attached hydrogens (primary N) is 1. The van der Waals surface area contributed by atoms with E-state index in [0.29, 0.717) is 38.8 Å². The second-order valence-electron chi connectivity index (χ2n) is 8.93. The van der Waals surface area contributed by atoms with Crippen molar-refractivity contribution in [3.05, 3.63) is 78.6 Å². The molecule has 2 atom stereocenters. The van der Waals surface area contributed by atoms with Gasteiger partial charge in [-0.25, -0.2) is 14.8 Å². The van der Waals surface area contributed by atoms with Gasteiger partial charge >= 0.3 is 6.03 Å². The summed E-state index contributed by atoms with van der Waals surface area (Å²) >= 11 is 0. The summed E-state index contributed by atoms with van der Waals surface area (Å²) in [6, 6.07) is 18.6. The predicted molar refractivity (Wildman–Crippen MR) is 136 cm³/mol. The molecule has 36 heavy (non-hydrogen) atoms. The van der Waals surface area contributed by atoms with Gasteiger partial charge in [0.1, 0.15) is 0 Å². The zero-order chi connectivity index (χ0) is 25.0. The third-order valence-electron chi connectivity index (χ3n) is 6.68. The number of benzene rings is 2. The number of urea groups is 1. The molecular weight excluding hydrogens is 458 g/mol. The lowest BCUT2D eigenvalue weighted by molar-refractivity contribution is -0.119. The molecule has 3 amide bonds. The quantitative estimate of drug-likeness (QED) is 0.488. The van der Waals surface area contributed by atoms with E-state index < -0.39 is 11.7 Å². The molecule has 4 N–H and O–H groups in total. The smallest absolute Gasteiger partial charge is 0.317 e. The van der Waals surface area contributed by atoms with Crippen molar-refractivity contribution >= 4 is 29.3 Å². The average Bonchev–Trinajstić information content (AvgIpc) is 3.45. The van der Waals surface area contributed by atoms with Gasteiger partial charge in [-0.2, -0.15) is 0 Å². The summed E-state index contributed by atoms with van der Waals surface area (Å²) in [5, 5.41) is 6.38. The van der Waals surface area contributed by atoms with Crippen LogP contribution in [0.1, 0.15) is 12.0 Å². The van der Waals surface area contributed by atoms with E-state index in [-0.39, 0.29) is 11.8 Å². The summed E-state index contributed by atoms with van der Waals surface area (Å²) in [4.78, 5) is 37.6. The van der Waals surface area contributed by atoms with Crippen molar-refractivity contribution in [3.63, 3.8) is 0 Å². The first-order valence-corrected chi connectivity index (χ1v) is 12.0. The number of carbonyl (C=O) groups excluding carboxylic acids is 2. The Morgan fingerprint density at radius 1 is 1.00 bits per heavy atom. The van der Waals surface area contributed by atoms with Gasteiger partial charge < -0.3 is 26.0 Å². The van der Waals surface area contributed by atoms with Crippen molar-refractivity contribution in [1.29, 1.82) is 0 Å². The molecule has 0 radical (unpaired) electrons. The highest BCUT2D eigenvalue weighted by molar-refractivity contribution is 5.93. The van der Waals surface area contributed by atoms with Crippen LogP contribution >= 0.6 is 0 Å². The average molecular weight is 488 g/mol. The number of aromatic nitrogens is 2. The van der Waals surface area contributed by atoms with Crippen LogP contribution in [0.3, 0.4) is 0 Å². The Bertz CT molecular complexity index is 1190. The monoisotopic (exact) mass is 487 g/mol. The fourth-order valence-electron chi connectivity index (χ4n) is 4.80. The van der Waals surface area contributed by atoms with Crippen molar-refractivity contribution in [1.82, 2.24) is 14.9 Å². The molecule has 0 spiro atoms. The molecule has 2 aliphatic heterocycles. The molecule has 10 nitrogen and oxygen atoms in total. The Morgan fingerprint density at radius 2 is 1.75 bits per heavy atom. The molecule has 0 aliphatic carbocycles. The van der Waals surface area contributed by atoms with Gasteiger partial charge in [0.15, 0.2) is 5.66 Å². The van der Waals surface area contributed by atoms with Crippen LogP contribution in [0.2, 0.25) is 0 Å². The van der Waals surface area contributed by atoms with E-state index in [9.17, 15) is 9.59 Å². The second kappa shape index (κ2) is 10.2. The number of primary amides is 1. The minimum atomic E-state index is -0.998. The lowest BCUT2D eigenvalue weighted by Crippen LogP contribution is -2.67. The Hall–Kier alpha value is -4.18. The van der Waals surface area contributed by atoms with E-state index >= 15 is 0 Å². The molecule has 2 aromatic carbocycles. The largest absolute Gasteiger partial charge is 0.381 e. The second-order valence-corrected chi connectivity index (χ2v) is 8.93. The Morgan fingerprint density at radius 3 is 2.42 bits per heavy atom. The van der Waals surface area contributed by atoms with E-state index in [1.807, 2.05) is 54.6 Å². The van der Waals surface area contributed by atoms with Gasteiger partial charge in [0.05, 0.1) is 19.1 Å². The number of hydrogen-bond acceptors (Lipinski definition) is 7. The van der Waals surface area contributed by atoms with Crippen molar-refractivity contribution in [2.45, 2.75) is 12.1 Å². The minimum Gasteiger partial charge on any atom is -0.381 e. The molecule has 186 valence electrons. The normalized spacial score (nSPS) is 21.7. The number of amides is 3. The number of hydrogen-bond donors (Lipinski definition) is 3. The van der Waals surface area contributed by atoms with E-state index in [4.69, 9.17) is 10.5 Å². The number of piperazine rings is 1. The van der Waals surface area contributed by atoms with Crippen LogP contribution < -0.4 is 21.3 Å². The molecule has 2 saturated heterocycles. The summed E-state index contributed by atoms with van der Waals surface area (Å²) < 4.78 is 5.32. The van der Waals surface area contributed by atoms with Gasteiger partial charge in [0.2, 0.25) is 11.9 Å². The zero-order valence-corrected chi connectivity index (χ0v) is 19.8. The van der Waals surface area contributed by atoms with E-state index in [2.05, 4.69) is 25.5 Å².